The lowest BCUT2D eigenvalue weighted by molar-refractivity contribution is -0.134. The highest BCUT2D eigenvalue weighted by Gasteiger charge is 2.43. The first-order chi connectivity index (χ1) is 6.55. The molecule has 1 fully saturated rings. The second-order valence-electron chi connectivity index (χ2n) is 3.47. The molecule has 0 bridgehead atoms. The maximum Gasteiger partial charge on any atom is 0.272 e. The summed E-state index contributed by atoms with van der Waals surface area (Å²) in [5.41, 5.74) is 0.815. The Balaban J connectivity index is 1.93. The monoisotopic (exact) mass is 262 g/mol. The lowest BCUT2D eigenvalue weighted by atomic mass is 10.1. The molecule has 0 aliphatic carbocycles. The van der Waals surface area contributed by atoms with Gasteiger partial charge < -0.3 is 0 Å². The summed E-state index contributed by atoms with van der Waals surface area (Å²) in [6, 6.07) is 3.66. The van der Waals surface area contributed by atoms with Crippen LogP contribution in [0.15, 0.2) is 22.8 Å². The van der Waals surface area contributed by atoms with E-state index in [1.165, 1.54) is 0 Å². The normalized spacial score (nSPS) is 20.5. The van der Waals surface area contributed by atoms with Gasteiger partial charge in [-0.2, -0.15) is 0 Å². The van der Waals surface area contributed by atoms with Crippen LogP contribution in [0.25, 0.3) is 0 Å². The fourth-order valence-electron chi connectivity index (χ4n) is 1.48. The van der Waals surface area contributed by atoms with Gasteiger partial charge in [-0.1, -0.05) is 15.9 Å². The molecule has 1 saturated heterocycles. The highest BCUT2D eigenvalue weighted by Crippen LogP contribution is 2.27. The summed E-state index contributed by atoms with van der Waals surface area (Å²) in [4.78, 5) is 5.77. The smallest absolute Gasteiger partial charge is 0.272 e. The third-order valence-corrected chi connectivity index (χ3v) is 2.57. The molecule has 1 aromatic heterocycles. The Morgan fingerprint density at radius 2 is 2.21 bits per heavy atom. The Kier molecular flexibility index (Phi) is 2.53. The van der Waals surface area contributed by atoms with Crippen molar-refractivity contribution in [2.75, 3.05) is 13.1 Å². The predicted molar refractivity (Wildman–Crippen MR) is 52.2 cm³/mol. The van der Waals surface area contributed by atoms with E-state index in [9.17, 15) is 8.78 Å². The van der Waals surface area contributed by atoms with Crippen molar-refractivity contribution in [1.29, 1.82) is 0 Å². The lowest BCUT2D eigenvalue weighted by Gasteiger charge is -2.38. The number of likely N-dealkylation sites (tertiary alicyclic amines) is 1. The van der Waals surface area contributed by atoms with Gasteiger partial charge in [0, 0.05) is 17.2 Å². The van der Waals surface area contributed by atoms with E-state index in [0.29, 0.717) is 6.54 Å². The van der Waals surface area contributed by atoms with Crippen molar-refractivity contribution in [1.82, 2.24) is 9.88 Å². The Hall–Kier alpha value is -0.550. The first kappa shape index (κ1) is 9.98. The molecule has 76 valence electrons. The molecule has 0 saturated carbocycles. The van der Waals surface area contributed by atoms with Crippen LogP contribution in [-0.4, -0.2) is 28.9 Å². The molecule has 1 aromatic rings. The summed E-state index contributed by atoms with van der Waals surface area (Å²) in [5, 5.41) is 0. The summed E-state index contributed by atoms with van der Waals surface area (Å²) in [6.45, 7) is 0.192. The highest BCUT2D eigenvalue weighted by atomic mass is 79.9. The maximum absolute atomic E-state index is 12.5. The molecular weight excluding hydrogens is 254 g/mol. The Labute approximate surface area is 89.1 Å². The number of pyridine rings is 1. The van der Waals surface area contributed by atoms with Crippen molar-refractivity contribution < 1.29 is 8.78 Å². The third-order valence-electron chi connectivity index (χ3n) is 2.07. The molecular formula is C9H9BrF2N2. The molecule has 0 unspecified atom stereocenters. The zero-order chi connectivity index (χ0) is 10.2. The molecule has 0 amide bonds. The van der Waals surface area contributed by atoms with E-state index in [1.807, 2.05) is 12.1 Å². The van der Waals surface area contributed by atoms with E-state index < -0.39 is 5.92 Å². The van der Waals surface area contributed by atoms with Gasteiger partial charge in [0.25, 0.3) is 5.92 Å². The van der Waals surface area contributed by atoms with Crippen molar-refractivity contribution in [3.05, 3.63) is 28.5 Å². The quantitative estimate of drug-likeness (QED) is 0.813. The van der Waals surface area contributed by atoms with E-state index in [0.717, 1.165) is 10.2 Å². The van der Waals surface area contributed by atoms with Gasteiger partial charge in [0.05, 0.1) is 18.8 Å². The van der Waals surface area contributed by atoms with Gasteiger partial charge >= 0.3 is 0 Å². The zero-order valence-electron chi connectivity index (χ0n) is 7.38. The standard InChI is InChI=1S/C9H9BrF2N2/c10-7-1-2-13-8(3-7)4-14-5-9(11,12)6-14/h1-3H,4-6H2. The molecule has 2 rings (SSSR count). The van der Waals surface area contributed by atoms with Gasteiger partial charge in [-0.15, -0.1) is 0 Å². The number of alkyl halides is 2. The minimum atomic E-state index is -2.49. The van der Waals surface area contributed by atoms with Crippen LogP contribution in [0.2, 0.25) is 0 Å². The number of rotatable bonds is 2. The highest BCUT2D eigenvalue weighted by molar-refractivity contribution is 9.10. The van der Waals surface area contributed by atoms with Crippen LogP contribution >= 0.6 is 15.9 Å². The molecule has 0 atom stereocenters. The number of nitrogens with zero attached hydrogens (tertiary/aromatic N) is 2. The van der Waals surface area contributed by atoms with E-state index in [1.54, 1.807) is 11.1 Å². The van der Waals surface area contributed by atoms with Gasteiger partial charge in [0.1, 0.15) is 0 Å². The molecule has 2 nitrogen and oxygen atoms in total. The Bertz CT molecular complexity index is 335. The molecule has 0 spiro atoms. The van der Waals surface area contributed by atoms with E-state index in [4.69, 9.17) is 0 Å². The summed E-state index contributed by atoms with van der Waals surface area (Å²) in [7, 11) is 0. The van der Waals surface area contributed by atoms with E-state index in [2.05, 4.69) is 20.9 Å². The van der Waals surface area contributed by atoms with Gasteiger partial charge in [0.2, 0.25) is 0 Å². The number of halogens is 3. The number of hydrogen-bond acceptors (Lipinski definition) is 2. The van der Waals surface area contributed by atoms with E-state index in [-0.39, 0.29) is 13.1 Å². The van der Waals surface area contributed by atoms with Crippen molar-refractivity contribution >= 4 is 15.9 Å². The number of hydrogen-bond donors (Lipinski definition) is 0. The van der Waals surface area contributed by atoms with Crippen LogP contribution in [0.4, 0.5) is 8.78 Å². The summed E-state index contributed by atoms with van der Waals surface area (Å²) >= 11 is 3.31. The molecule has 0 radical (unpaired) electrons. The van der Waals surface area contributed by atoms with Crippen molar-refractivity contribution in [3.8, 4) is 0 Å². The molecule has 5 heteroatoms. The van der Waals surface area contributed by atoms with Gasteiger partial charge in [0.15, 0.2) is 0 Å². The average Bonchev–Trinajstić information content (AvgIpc) is 2.00. The molecule has 0 aromatic carbocycles. The second kappa shape index (κ2) is 3.55. The maximum atomic E-state index is 12.5. The first-order valence-corrected chi connectivity index (χ1v) is 5.05. The lowest BCUT2D eigenvalue weighted by Crippen LogP contribution is -2.55. The molecule has 1 aliphatic heterocycles. The van der Waals surface area contributed by atoms with Crippen LogP contribution < -0.4 is 0 Å². The summed E-state index contributed by atoms with van der Waals surface area (Å²) in [6.07, 6.45) is 1.66. The largest absolute Gasteiger partial charge is 0.285 e. The predicted octanol–water partition coefficient (Wildman–Crippen LogP) is 2.29. The topological polar surface area (TPSA) is 16.1 Å². The molecule has 0 N–H and O–H groups in total. The Morgan fingerprint density at radius 3 is 2.79 bits per heavy atom. The van der Waals surface area contributed by atoms with Crippen LogP contribution in [0.5, 0.6) is 0 Å². The summed E-state index contributed by atoms with van der Waals surface area (Å²) < 4.78 is 25.9. The average molecular weight is 263 g/mol. The fraction of sp³-hybridized carbons (Fsp3) is 0.444. The molecule has 1 aliphatic rings. The van der Waals surface area contributed by atoms with Gasteiger partial charge in [-0.3, -0.25) is 9.88 Å². The Morgan fingerprint density at radius 1 is 1.50 bits per heavy atom. The second-order valence-corrected chi connectivity index (χ2v) is 4.38. The van der Waals surface area contributed by atoms with Crippen LogP contribution in [0.1, 0.15) is 5.69 Å². The SMILES string of the molecule is FC1(F)CN(Cc2cc(Br)ccn2)C1. The van der Waals surface area contributed by atoms with Crippen molar-refractivity contribution in [2.45, 2.75) is 12.5 Å². The van der Waals surface area contributed by atoms with Gasteiger partial charge in [-0.05, 0) is 12.1 Å². The first-order valence-electron chi connectivity index (χ1n) is 4.26. The van der Waals surface area contributed by atoms with Gasteiger partial charge in [-0.25, -0.2) is 8.78 Å². The minimum absolute atomic E-state index is 0.152. The van der Waals surface area contributed by atoms with Crippen LogP contribution in [0, 0.1) is 0 Å². The summed E-state index contributed by atoms with van der Waals surface area (Å²) in [5.74, 6) is -2.49. The fourth-order valence-corrected chi connectivity index (χ4v) is 1.87. The zero-order valence-corrected chi connectivity index (χ0v) is 8.97. The number of aromatic nitrogens is 1. The third kappa shape index (κ3) is 2.27. The molecule has 14 heavy (non-hydrogen) atoms. The van der Waals surface area contributed by atoms with Crippen molar-refractivity contribution in [3.63, 3.8) is 0 Å². The molecule has 2 heterocycles. The van der Waals surface area contributed by atoms with Crippen molar-refractivity contribution in [2.24, 2.45) is 0 Å². The van der Waals surface area contributed by atoms with Crippen LogP contribution in [0.3, 0.4) is 0 Å². The minimum Gasteiger partial charge on any atom is -0.285 e. The van der Waals surface area contributed by atoms with Crippen LogP contribution in [-0.2, 0) is 6.54 Å². The van der Waals surface area contributed by atoms with E-state index >= 15 is 0 Å².